The van der Waals surface area contributed by atoms with Crippen molar-refractivity contribution in [2.75, 3.05) is 11.1 Å². The van der Waals surface area contributed by atoms with Crippen LogP contribution in [0.5, 0.6) is 5.75 Å². The number of nitrogen functional groups attached to an aromatic ring is 1. The first kappa shape index (κ1) is 24.3. The average Bonchev–Trinajstić information content (AvgIpc) is 3.58. The molecule has 0 aliphatic heterocycles. The third kappa shape index (κ3) is 5.65. The number of nitrogens with one attached hydrogen (secondary N) is 2. The molecule has 180 valence electrons. The van der Waals surface area contributed by atoms with E-state index >= 15 is 4.39 Å². The van der Waals surface area contributed by atoms with Crippen molar-refractivity contribution in [2.45, 2.75) is 31.7 Å². The van der Waals surface area contributed by atoms with E-state index < -0.39 is 29.8 Å². The number of nitrogens with two attached hydrogens (primary N) is 1. The maximum absolute atomic E-state index is 15.0. The van der Waals surface area contributed by atoms with Gasteiger partial charge in [0.1, 0.15) is 17.4 Å². The number of amides is 2. The van der Waals surface area contributed by atoms with Crippen LogP contribution in [-0.2, 0) is 0 Å². The highest BCUT2D eigenvalue weighted by molar-refractivity contribution is 9.10. The first-order valence-corrected chi connectivity index (χ1v) is 11.7. The highest BCUT2D eigenvalue weighted by Gasteiger charge is 2.44. The molecule has 10 heteroatoms. The summed E-state index contributed by atoms with van der Waals surface area (Å²) in [5, 5.41) is 5.38. The lowest BCUT2D eigenvalue weighted by molar-refractivity contribution is 0.0730. The van der Waals surface area contributed by atoms with E-state index in [1.165, 1.54) is 24.3 Å². The number of rotatable bonds is 7. The summed E-state index contributed by atoms with van der Waals surface area (Å²) in [6, 6.07) is 11.1. The number of esters is 1. The number of aromatic nitrogens is 1. The fourth-order valence-corrected chi connectivity index (χ4v) is 3.94. The SMILES string of the molecule is CCC(=O)c1ccc(F)c([C@H]2C[C@H]2NC(=O)Nc2ccc(Br)cn2)c1OC(=O)c1cccc(N)c1. The number of anilines is 2. The Labute approximate surface area is 209 Å². The van der Waals surface area contributed by atoms with Crippen molar-refractivity contribution in [3.05, 3.63) is 81.7 Å². The van der Waals surface area contributed by atoms with Crippen LogP contribution in [0.1, 0.15) is 52.0 Å². The van der Waals surface area contributed by atoms with Gasteiger partial charge >= 0.3 is 12.0 Å². The Morgan fingerprint density at radius 3 is 2.69 bits per heavy atom. The maximum Gasteiger partial charge on any atom is 0.343 e. The van der Waals surface area contributed by atoms with Gasteiger partial charge < -0.3 is 15.8 Å². The summed E-state index contributed by atoms with van der Waals surface area (Å²) in [6.07, 6.45) is 2.09. The van der Waals surface area contributed by atoms with Crippen molar-refractivity contribution < 1.29 is 23.5 Å². The lowest BCUT2D eigenvalue weighted by atomic mass is 9.99. The highest BCUT2D eigenvalue weighted by Crippen LogP contribution is 2.47. The molecule has 0 unspecified atom stereocenters. The average molecular weight is 541 g/mol. The number of pyridine rings is 1. The molecular formula is C25H22BrFN4O4. The topological polar surface area (TPSA) is 123 Å². The summed E-state index contributed by atoms with van der Waals surface area (Å²) in [6.45, 7) is 1.66. The third-order valence-corrected chi connectivity index (χ3v) is 6.00. The Morgan fingerprint density at radius 2 is 2.00 bits per heavy atom. The van der Waals surface area contributed by atoms with E-state index in [0.717, 1.165) is 4.47 Å². The number of urea groups is 1. The molecule has 2 amide bonds. The Kier molecular flexibility index (Phi) is 7.11. The summed E-state index contributed by atoms with van der Waals surface area (Å²) in [4.78, 5) is 41.9. The minimum absolute atomic E-state index is 0.0774. The smallest absolute Gasteiger partial charge is 0.343 e. The van der Waals surface area contributed by atoms with Crippen molar-refractivity contribution in [1.82, 2.24) is 10.3 Å². The molecule has 2 atom stereocenters. The molecule has 1 heterocycles. The van der Waals surface area contributed by atoms with Gasteiger partial charge in [0.05, 0.1) is 11.1 Å². The molecule has 0 bridgehead atoms. The number of carbonyl (C=O) groups excluding carboxylic acids is 3. The molecule has 1 aliphatic rings. The Balaban J connectivity index is 1.57. The molecular weight excluding hydrogens is 519 g/mol. The summed E-state index contributed by atoms with van der Waals surface area (Å²) in [7, 11) is 0. The zero-order valence-corrected chi connectivity index (χ0v) is 20.3. The van der Waals surface area contributed by atoms with Crippen molar-refractivity contribution >= 4 is 45.2 Å². The Hall–Kier alpha value is -3.79. The first-order valence-electron chi connectivity index (χ1n) is 10.9. The normalized spacial score (nSPS) is 16.3. The minimum Gasteiger partial charge on any atom is -0.422 e. The van der Waals surface area contributed by atoms with E-state index in [-0.39, 0.29) is 34.6 Å². The van der Waals surface area contributed by atoms with E-state index in [1.807, 2.05) is 0 Å². The highest BCUT2D eigenvalue weighted by atomic mass is 79.9. The quantitative estimate of drug-likeness (QED) is 0.166. The van der Waals surface area contributed by atoms with E-state index in [9.17, 15) is 14.4 Å². The van der Waals surface area contributed by atoms with Crippen molar-refractivity contribution in [3.8, 4) is 5.75 Å². The van der Waals surface area contributed by atoms with Gasteiger partial charge in [-0.2, -0.15) is 0 Å². The van der Waals surface area contributed by atoms with Crippen LogP contribution in [-0.4, -0.2) is 28.8 Å². The number of hydrogen-bond donors (Lipinski definition) is 3. The number of Topliss-reactive ketones (excluding diaryl/α,β-unsaturated/α-hetero) is 1. The van der Waals surface area contributed by atoms with Gasteiger partial charge in [-0.05, 0) is 64.8 Å². The van der Waals surface area contributed by atoms with Crippen LogP contribution in [0.2, 0.25) is 0 Å². The van der Waals surface area contributed by atoms with Crippen molar-refractivity contribution in [2.24, 2.45) is 0 Å². The molecule has 4 rings (SSSR count). The number of ketones is 1. The second-order valence-corrected chi connectivity index (χ2v) is 8.95. The fraction of sp³-hybridized carbons (Fsp3) is 0.200. The van der Waals surface area contributed by atoms with Crippen LogP contribution < -0.4 is 21.1 Å². The molecule has 3 aromatic rings. The molecule has 0 saturated heterocycles. The van der Waals surface area contributed by atoms with E-state index in [2.05, 4.69) is 31.5 Å². The summed E-state index contributed by atoms with van der Waals surface area (Å²) in [5.74, 6) is -1.96. The molecule has 1 saturated carbocycles. The van der Waals surface area contributed by atoms with Gasteiger partial charge in [0.25, 0.3) is 0 Å². The van der Waals surface area contributed by atoms with E-state index in [4.69, 9.17) is 10.5 Å². The molecule has 8 nitrogen and oxygen atoms in total. The summed E-state index contributed by atoms with van der Waals surface area (Å²) in [5.41, 5.74) is 6.47. The number of ether oxygens (including phenoxy) is 1. The standard InChI is InChI=1S/C25H22BrFN4O4/c1-2-20(32)16-7-8-18(27)22(23(16)35-24(33)13-4-3-5-15(28)10-13)17-11-19(17)30-25(34)31-21-9-6-14(26)12-29-21/h3-10,12,17,19H,2,11,28H2,1H3,(H2,29,30,31,34)/t17-,19+/m0/s1. The fourth-order valence-electron chi connectivity index (χ4n) is 3.70. The number of benzene rings is 2. The molecule has 4 N–H and O–H groups in total. The van der Waals surface area contributed by atoms with Gasteiger partial charge in [-0.3, -0.25) is 10.1 Å². The lowest BCUT2D eigenvalue weighted by Gasteiger charge is -2.15. The second kappa shape index (κ2) is 10.2. The van der Waals surface area contributed by atoms with Crippen molar-refractivity contribution in [1.29, 1.82) is 0 Å². The first-order chi connectivity index (χ1) is 16.8. The Morgan fingerprint density at radius 1 is 1.20 bits per heavy atom. The molecule has 1 fully saturated rings. The van der Waals surface area contributed by atoms with Crippen LogP contribution in [0, 0.1) is 5.82 Å². The molecule has 1 aliphatic carbocycles. The van der Waals surface area contributed by atoms with Crippen molar-refractivity contribution in [3.63, 3.8) is 0 Å². The Bertz CT molecular complexity index is 1300. The third-order valence-electron chi connectivity index (χ3n) is 5.53. The predicted octanol–water partition coefficient (Wildman–Crippen LogP) is 5.05. The van der Waals surface area contributed by atoms with Gasteiger partial charge in [0.2, 0.25) is 0 Å². The van der Waals surface area contributed by atoms with E-state index in [1.54, 1.807) is 37.4 Å². The zero-order valence-electron chi connectivity index (χ0n) is 18.7. The molecule has 2 aromatic carbocycles. The van der Waals surface area contributed by atoms with Crippen LogP contribution in [0.15, 0.2) is 59.2 Å². The van der Waals surface area contributed by atoms with Crippen LogP contribution in [0.4, 0.5) is 20.7 Å². The summed E-state index contributed by atoms with van der Waals surface area (Å²) >= 11 is 3.27. The van der Waals surface area contributed by atoms with Gasteiger partial charge in [-0.15, -0.1) is 0 Å². The van der Waals surface area contributed by atoms with Crippen LogP contribution >= 0.6 is 15.9 Å². The minimum atomic E-state index is -0.765. The molecule has 0 spiro atoms. The molecule has 0 radical (unpaired) electrons. The lowest BCUT2D eigenvalue weighted by Crippen LogP contribution is -2.31. The van der Waals surface area contributed by atoms with Gasteiger partial charge in [-0.25, -0.2) is 19.0 Å². The predicted molar refractivity (Wildman–Crippen MR) is 132 cm³/mol. The zero-order chi connectivity index (χ0) is 25.1. The van der Waals surface area contributed by atoms with Crippen LogP contribution in [0.3, 0.4) is 0 Å². The monoisotopic (exact) mass is 540 g/mol. The number of nitrogens with zero attached hydrogens (tertiary/aromatic N) is 1. The molecule has 35 heavy (non-hydrogen) atoms. The number of carbonyl (C=O) groups is 3. The van der Waals surface area contributed by atoms with Gasteiger partial charge in [-0.1, -0.05) is 13.0 Å². The number of halogens is 2. The molecule has 1 aromatic heterocycles. The van der Waals surface area contributed by atoms with Crippen LogP contribution in [0.25, 0.3) is 0 Å². The van der Waals surface area contributed by atoms with Gasteiger partial charge in [0, 0.05) is 40.3 Å². The second-order valence-electron chi connectivity index (χ2n) is 8.04. The largest absolute Gasteiger partial charge is 0.422 e. The van der Waals surface area contributed by atoms with Gasteiger partial charge in [0.15, 0.2) is 5.78 Å². The summed E-state index contributed by atoms with van der Waals surface area (Å²) < 4.78 is 21.4. The maximum atomic E-state index is 15.0. The number of hydrogen-bond acceptors (Lipinski definition) is 6. The van der Waals surface area contributed by atoms with E-state index in [0.29, 0.717) is 17.9 Å².